The maximum absolute atomic E-state index is 10.9. The molecule has 188 valence electrons. The maximum atomic E-state index is 10.9. The van der Waals surface area contributed by atoms with E-state index < -0.39 is 11.9 Å². The van der Waals surface area contributed by atoms with Gasteiger partial charge in [0.05, 0.1) is 26.4 Å². The van der Waals surface area contributed by atoms with Crippen molar-refractivity contribution in [3.05, 3.63) is 73.8 Å². The summed E-state index contributed by atoms with van der Waals surface area (Å²) >= 11 is 1.63. The summed E-state index contributed by atoms with van der Waals surface area (Å²) in [6, 6.07) is 15.6. The fourth-order valence-corrected chi connectivity index (χ4v) is 3.32. The molecule has 9 heteroatoms. The molecule has 0 bridgehead atoms. The highest BCUT2D eigenvalue weighted by molar-refractivity contribution is 7.99. The van der Waals surface area contributed by atoms with Crippen LogP contribution in [0, 0.1) is 0 Å². The van der Waals surface area contributed by atoms with Crippen molar-refractivity contribution in [1.29, 1.82) is 0 Å². The molecular formula is C26H30O8S. The van der Waals surface area contributed by atoms with Crippen LogP contribution in [0.15, 0.2) is 83.6 Å². The van der Waals surface area contributed by atoms with Crippen LogP contribution in [0.2, 0.25) is 0 Å². The molecule has 0 amide bonds. The molecule has 0 heterocycles. The van der Waals surface area contributed by atoms with E-state index in [0.29, 0.717) is 39.6 Å². The van der Waals surface area contributed by atoms with Crippen LogP contribution in [-0.4, -0.2) is 64.8 Å². The van der Waals surface area contributed by atoms with Gasteiger partial charge in [-0.2, -0.15) is 0 Å². The molecule has 0 saturated heterocycles. The highest BCUT2D eigenvalue weighted by atomic mass is 32.2. The first kappa shape index (κ1) is 28.0. The van der Waals surface area contributed by atoms with E-state index >= 15 is 0 Å². The van der Waals surface area contributed by atoms with Crippen LogP contribution < -0.4 is 9.47 Å². The molecule has 0 N–H and O–H groups in total. The third-order valence-electron chi connectivity index (χ3n) is 4.15. The second-order valence-corrected chi connectivity index (χ2v) is 7.86. The van der Waals surface area contributed by atoms with Gasteiger partial charge in [-0.1, -0.05) is 24.9 Å². The van der Waals surface area contributed by atoms with Crippen molar-refractivity contribution in [2.45, 2.75) is 9.79 Å². The Morgan fingerprint density at radius 1 is 0.600 bits per heavy atom. The van der Waals surface area contributed by atoms with Gasteiger partial charge in [0.2, 0.25) is 0 Å². The molecule has 0 spiro atoms. The van der Waals surface area contributed by atoms with Crippen LogP contribution >= 0.6 is 11.8 Å². The number of ether oxygens (including phenoxy) is 6. The summed E-state index contributed by atoms with van der Waals surface area (Å²) in [5.74, 6) is 0.578. The molecule has 0 radical (unpaired) electrons. The van der Waals surface area contributed by atoms with Gasteiger partial charge in [-0.05, 0) is 48.5 Å². The van der Waals surface area contributed by atoms with Crippen LogP contribution in [0.5, 0.6) is 11.5 Å². The van der Waals surface area contributed by atoms with Gasteiger partial charge in [-0.15, -0.1) is 0 Å². The van der Waals surface area contributed by atoms with Gasteiger partial charge < -0.3 is 28.4 Å². The van der Waals surface area contributed by atoms with E-state index in [2.05, 4.69) is 13.2 Å². The van der Waals surface area contributed by atoms with E-state index in [-0.39, 0.29) is 13.2 Å². The van der Waals surface area contributed by atoms with Crippen LogP contribution in [0.3, 0.4) is 0 Å². The summed E-state index contributed by atoms with van der Waals surface area (Å²) in [6.45, 7) is 9.24. The number of carbonyl (C=O) groups excluding carboxylic acids is 2. The number of hydrogen-bond acceptors (Lipinski definition) is 9. The highest BCUT2D eigenvalue weighted by Gasteiger charge is 2.02. The Kier molecular flexibility index (Phi) is 13.8. The minimum atomic E-state index is -0.462. The zero-order valence-corrected chi connectivity index (χ0v) is 20.3. The Morgan fingerprint density at radius 3 is 1.34 bits per heavy atom. The van der Waals surface area contributed by atoms with Crippen molar-refractivity contribution < 1.29 is 38.0 Å². The molecule has 2 aromatic rings. The number of hydrogen-bond donors (Lipinski definition) is 0. The molecule has 0 aliphatic heterocycles. The largest absolute Gasteiger partial charge is 0.491 e. The first-order valence-electron chi connectivity index (χ1n) is 11.0. The Hall–Kier alpha value is -3.27. The van der Waals surface area contributed by atoms with Gasteiger partial charge in [0.25, 0.3) is 0 Å². The quantitative estimate of drug-likeness (QED) is 0.170. The molecule has 0 fully saturated rings. The molecule has 2 rings (SSSR count). The monoisotopic (exact) mass is 502 g/mol. The third-order valence-corrected chi connectivity index (χ3v) is 5.17. The topological polar surface area (TPSA) is 89.5 Å². The number of esters is 2. The van der Waals surface area contributed by atoms with E-state index in [1.54, 1.807) is 11.8 Å². The van der Waals surface area contributed by atoms with Crippen molar-refractivity contribution >= 4 is 23.7 Å². The number of benzene rings is 2. The predicted molar refractivity (Wildman–Crippen MR) is 132 cm³/mol. The molecular weight excluding hydrogens is 472 g/mol. The first-order valence-corrected chi connectivity index (χ1v) is 11.8. The summed E-state index contributed by atoms with van der Waals surface area (Å²) in [5.41, 5.74) is 0. The SMILES string of the molecule is C=CC(=O)OCCOCCOc1ccc(Sc2ccc(OCCOCCOC(=O)C=C)cc2)cc1. The minimum absolute atomic E-state index is 0.189. The van der Waals surface area contributed by atoms with Gasteiger partial charge in [0.1, 0.15) is 37.9 Å². The Morgan fingerprint density at radius 2 is 0.971 bits per heavy atom. The third kappa shape index (κ3) is 12.7. The normalized spacial score (nSPS) is 10.3. The molecule has 0 saturated carbocycles. The van der Waals surface area contributed by atoms with Crippen molar-refractivity contribution in [3.8, 4) is 11.5 Å². The fourth-order valence-electron chi connectivity index (χ4n) is 2.51. The van der Waals surface area contributed by atoms with Gasteiger partial charge in [0.15, 0.2) is 0 Å². The lowest BCUT2D eigenvalue weighted by atomic mass is 10.3. The lowest BCUT2D eigenvalue weighted by Crippen LogP contribution is -2.12. The summed E-state index contributed by atoms with van der Waals surface area (Å²) in [7, 11) is 0. The zero-order chi connectivity index (χ0) is 25.1. The van der Waals surface area contributed by atoms with Gasteiger partial charge in [-0.3, -0.25) is 0 Å². The second-order valence-electron chi connectivity index (χ2n) is 6.71. The Bertz CT molecular complexity index is 836. The molecule has 0 aromatic heterocycles. The van der Waals surface area contributed by atoms with Gasteiger partial charge in [0, 0.05) is 21.9 Å². The molecule has 35 heavy (non-hydrogen) atoms. The van der Waals surface area contributed by atoms with Crippen LogP contribution in [0.25, 0.3) is 0 Å². The smallest absolute Gasteiger partial charge is 0.330 e. The zero-order valence-electron chi connectivity index (χ0n) is 19.5. The number of rotatable bonds is 18. The maximum Gasteiger partial charge on any atom is 0.330 e. The minimum Gasteiger partial charge on any atom is -0.491 e. The standard InChI is InChI=1S/C26H30O8S/c1-3-25(27)33-19-15-29-13-17-31-21-5-9-23(10-6-21)35-24-11-7-22(8-12-24)32-18-14-30-16-20-34-26(28)4-2/h3-12H,1-2,13-20H2. The van der Waals surface area contributed by atoms with Crippen molar-refractivity contribution in [1.82, 2.24) is 0 Å². The van der Waals surface area contributed by atoms with Crippen LogP contribution in [0.1, 0.15) is 0 Å². The van der Waals surface area contributed by atoms with E-state index in [0.717, 1.165) is 33.4 Å². The molecule has 0 unspecified atom stereocenters. The Labute approximate surface area is 209 Å². The van der Waals surface area contributed by atoms with Crippen LogP contribution in [0.4, 0.5) is 0 Å². The molecule has 0 atom stereocenters. The van der Waals surface area contributed by atoms with E-state index in [9.17, 15) is 9.59 Å². The fraction of sp³-hybridized carbons (Fsp3) is 0.308. The number of carbonyl (C=O) groups is 2. The second kappa shape index (κ2) is 17.2. The van der Waals surface area contributed by atoms with Crippen molar-refractivity contribution in [2.75, 3.05) is 52.9 Å². The van der Waals surface area contributed by atoms with E-state index in [4.69, 9.17) is 28.4 Å². The first-order chi connectivity index (χ1) is 17.1. The van der Waals surface area contributed by atoms with Gasteiger partial charge in [-0.25, -0.2) is 9.59 Å². The highest BCUT2D eigenvalue weighted by Crippen LogP contribution is 2.30. The summed E-state index contributed by atoms with van der Waals surface area (Å²) in [4.78, 5) is 24.0. The predicted octanol–water partition coefficient (Wildman–Crippen LogP) is 4.09. The van der Waals surface area contributed by atoms with E-state index in [1.165, 1.54) is 0 Å². The van der Waals surface area contributed by atoms with Gasteiger partial charge >= 0.3 is 11.9 Å². The summed E-state index contributed by atoms with van der Waals surface area (Å²) in [6.07, 6.45) is 2.23. The lowest BCUT2D eigenvalue weighted by molar-refractivity contribution is -0.140. The molecule has 8 nitrogen and oxygen atoms in total. The average molecular weight is 503 g/mol. The van der Waals surface area contributed by atoms with Crippen LogP contribution in [-0.2, 0) is 28.5 Å². The van der Waals surface area contributed by atoms with E-state index in [1.807, 2.05) is 48.5 Å². The molecule has 0 aliphatic carbocycles. The summed E-state index contributed by atoms with van der Waals surface area (Å²) < 4.78 is 31.6. The van der Waals surface area contributed by atoms with Crippen molar-refractivity contribution in [3.63, 3.8) is 0 Å². The van der Waals surface area contributed by atoms with Crippen molar-refractivity contribution in [2.24, 2.45) is 0 Å². The summed E-state index contributed by atoms with van der Waals surface area (Å²) in [5, 5.41) is 0. The lowest BCUT2D eigenvalue weighted by Gasteiger charge is -2.09. The Balaban J connectivity index is 1.58. The molecule has 2 aromatic carbocycles. The molecule has 0 aliphatic rings. The average Bonchev–Trinajstić information content (AvgIpc) is 2.89.